The predicted octanol–water partition coefficient (Wildman–Crippen LogP) is 2.61. The minimum atomic E-state index is -3.02. The highest BCUT2D eigenvalue weighted by Gasteiger charge is 2.35. The Hall–Kier alpha value is -3.15. The van der Waals surface area contributed by atoms with Gasteiger partial charge in [0.25, 0.3) is 11.1 Å². The molecule has 0 spiro atoms. The van der Waals surface area contributed by atoms with Crippen LogP contribution in [0.3, 0.4) is 0 Å². The molecule has 0 aliphatic carbocycles. The van der Waals surface area contributed by atoms with Crippen molar-refractivity contribution in [2.75, 3.05) is 20.2 Å². The van der Waals surface area contributed by atoms with Crippen molar-refractivity contribution in [3.63, 3.8) is 0 Å². The van der Waals surface area contributed by atoms with Gasteiger partial charge in [0.1, 0.15) is 6.04 Å². The Kier molecular flexibility index (Phi) is 9.21. The summed E-state index contributed by atoms with van der Waals surface area (Å²) in [5.41, 5.74) is 0.447. The van der Waals surface area contributed by atoms with Crippen molar-refractivity contribution in [3.8, 4) is 11.5 Å². The maximum absolute atomic E-state index is 12.6. The molecule has 1 heterocycles. The normalized spacial score (nSPS) is 15.9. The van der Waals surface area contributed by atoms with Crippen molar-refractivity contribution in [2.24, 2.45) is 5.92 Å². The number of methoxy groups -OCH3 is 1. The summed E-state index contributed by atoms with van der Waals surface area (Å²) >= 11 is 0.720. The van der Waals surface area contributed by atoms with Crippen molar-refractivity contribution in [1.29, 1.82) is 0 Å². The third kappa shape index (κ3) is 7.17. The fourth-order valence-electron chi connectivity index (χ4n) is 2.97. The standard InChI is InChI=1S/C21H25F2N3O6S/c1-11(2)17(25-12(3)27)18(28)24-7-8-26-19(29)16(33-21(26)30)10-13-5-6-14(32-20(22)23)15(9-13)31-4/h5-6,9-11,17,20H,7-8H2,1-4H3,(H,24,28)(H,25,27)/b16-10+/t17-/m1/s1. The summed E-state index contributed by atoms with van der Waals surface area (Å²) < 4.78 is 34.3. The van der Waals surface area contributed by atoms with E-state index in [9.17, 15) is 28.0 Å². The van der Waals surface area contributed by atoms with Gasteiger partial charge in [-0.25, -0.2) is 0 Å². The number of hydrogen-bond donors (Lipinski definition) is 2. The highest BCUT2D eigenvalue weighted by atomic mass is 32.2. The predicted molar refractivity (Wildman–Crippen MR) is 118 cm³/mol. The molecule has 180 valence electrons. The molecule has 4 amide bonds. The Morgan fingerprint density at radius 2 is 1.91 bits per heavy atom. The third-order valence-corrected chi connectivity index (χ3v) is 5.43. The zero-order chi connectivity index (χ0) is 24.7. The molecule has 2 rings (SSSR count). The number of rotatable bonds is 10. The second kappa shape index (κ2) is 11.6. The average molecular weight is 486 g/mol. The molecule has 9 nitrogen and oxygen atoms in total. The van der Waals surface area contributed by atoms with E-state index in [0.29, 0.717) is 5.56 Å². The molecule has 12 heteroatoms. The third-order valence-electron chi connectivity index (χ3n) is 4.52. The second-order valence-electron chi connectivity index (χ2n) is 7.34. The number of alkyl halides is 2. The fourth-order valence-corrected chi connectivity index (χ4v) is 3.83. The van der Waals surface area contributed by atoms with Crippen LogP contribution in [0.4, 0.5) is 13.6 Å². The lowest BCUT2D eigenvalue weighted by Crippen LogP contribution is -2.50. The fraction of sp³-hybridized carbons (Fsp3) is 0.429. The van der Waals surface area contributed by atoms with Gasteiger partial charge in [0.15, 0.2) is 11.5 Å². The number of amides is 4. The van der Waals surface area contributed by atoms with E-state index in [1.165, 1.54) is 38.3 Å². The molecule has 0 aromatic heterocycles. The van der Waals surface area contributed by atoms with Crippen LogP contribution < -0.4 is 20.1 Å². The van der Waals surface area contributed by atoms with Gasteiger partial charge in [0.05, 0.1) is 12.0 Å². The minimum Gasteiger partial charge on any atom is -0.493 e. The van der Waals surface area contributed by atoms with Crippen LogP contribution >= 0.6 is 11.8 Å². The maximum Gasteiger partial charge on any atom is 0.387 e. The lowest BCUT2D eigenvalue weighted by molar-refractivity contribution is -0.129. The number of benzene rings is 1. The van der Waals surface area contributed by atoms with E-state index in [1.807, 2.05) is 0 Å². The molecule has 33 heavy (non-hydrogen) atoms. The summed E-state index contributed by atoms with van der Waals surface area (Å²) in [6.07, 6.45) is 1.43. The first kappa shape index (κ1) is 26.1. The molecule has 0 bridgehead atoms. The van der Waals surface area contributed by atoms with Crippen LogP contribution in [-0.2, 0) is 14.4 Å². The monoisotopic (exact) mass is 485 g/mol. The summed E-state index contributed by atoms with van der Waals surface area (Å²) in [6.45, 7) is 1.81. The second-order valence-corrected chi connectivity index (χ2v) is 8.33. The van der Waals surface area contributed by atoms with E-state index in [-0.39, 0.29) is 41.3 Å². The Bertz CT molecular complexity index is 954. The van der Waals surface area contributed by atoms with Crippen LogP contribution in [0.1, 0.15) is 26.3 Å². The van der Waals surface area contributed by atoms with Gasteiger partial charge in [-0.3, -0.25) is 24.1 Å². The highest BCUT2D eigenvalue weighted by Crippen LogP contribution is 2.34. The van der Waals surface area contributed by atoms with Crippen molar-refractivity contribution in [1.82, 2.24) is 15.5 Å². The molecule has 0 radical (unpaired) electrons. The largest absolute Gasteiger partial charge is 0.493 e. The number of carbonyl (C=O) groups excluding carboxylic acids is 4. The van der Waals surface area contributed by atoms with Gasteiger partial charge >= 0.3 is 6.61 Å². The van der Waals surface area contributed by atoms with Crippen LogP contribution in [0.15, 0.2) is 23.1 Å². The Morgan fingerprint density at radius 3 is 2.48 bits per heavy atom. The summed E-state index contributed by atoms with van der Waals surface area (Å²) in [4.78, 5) is 49.6. The zero-order valence-electron chi connectivity index (χ0n) is 18.5. The first-order valence-electron chi connectivity index (χ1n) is 9.96. The highest BCUT2D eigenvalue weighted by molar-refractivity contribution is 8.18. The minimum absolute atomic E-state index is 0.0143. The number of ether oxygens (including phenoxy) is 2. The summed E-state index contributed by atoms with van der Waals surface area (Å²) in [7, 11) is 1.29. The van der Waals surface area contributed by atoms with Gasteiger partial charge in [-0.05, 0) is 41.5 Å². The van der Waals surface area contributed by atoms with Crippen molar-refractivity contribution >= 4 is 40.8 Å². The van der Waals surface area contributed by atoms with E-state index in [2.05, 4.69) is 15.4 Å². The quantitative estimate of drug-likeness (QED) is 0.490. The molecule has 0 saturated carbocycles. The number of imide groups is 1. The number of thioether (sulfide) groups is 1. The molecular weight excluding hydrogens is 460 g/mol. The molecule has 1 fully saturated rings. The van der Waals surface area contributed by atoms with Gasteiger partial charge in [-0.2, -0.15) is 8.78 Å². The van der Waals surface area contributed by atoms with Crippen LogP contribution in [0.25, 0.3) is 6.08 Å². The van der Waals surface area contributed by atoms with Gasteiger partial charge in [0, 0.05) is 20.0 Å². The van der Waals surface area contributed by atoms with Crippen LogP contribution in [0, 0.1) is 5.92 Å². The van der Waals surface area contributed by atoms with Gasteiger partial charge in [-0.15, -0.1) is 0 Å². The summed E-state index contributed by atoms with van der Waals surface area (Å²) in [6, 6.07) is 3.39. The molecule has 2 N–H and O–H groups in total. The van der Waals surface area contributed by atoms with E-state index >= 15 is 0 Å². The van der Waals surface area contributed by atoms with Crippen molar-refractivity contribution < 1.29 is 37.4 Å². The Morgan fingerprint density at radius 1 is 1.21 bits per heavy atom. The first-order valence-corrected chi connectivity index (χ1v) is 10.8. The van der Waals surface area contributed by atoms with E-state index in [0.717, 1.165) is 16.7 Å². The molecule has 1 saturated heterocycles. The van der Waals surface area contributed by atoms with Crippen molar-refractivity contribution in [3.05, 3.63) is 28.7 Å². The molecule has 1 aromatic rings. The Labute approximate surface area is 193 Å². The first-order chi connectivity index (χ1) is 15.5. The number of carbonyl (C=O) groups is 4. The molecule has 0 unspecified atom stereocenters. The smallest absolute Gasteiger partial charge is 0.387 e. The molecular formula is C21H25F2N3O6S. The molecule has 1 atom stereocenters. The molecule has 1 aliphatic heterocycles. The number of hydrogen-bond acceptors (Lipinski definition) is 7. The molecule has 1 aliphatic rings. The lowest BCUT2D eigenvalue weighted by Gasteiger charge is -2.21. The van der Waals surface area contributed by atoms with E-state index in [4.69, 9.17) is 4.74 Å². The van der Waals surface area contributed by atoms with E-state index < -0.39 is 29.7 Å². The Balaban J connectivity index is 2.03. The van der Waals surface area contributed by atoms with Crippen molar-refractivity contribution in [2.45, 2.75) is 33.4 Å². The summed E-state index contributed by atoms with van der Waals surface area (Å²) in [5.74, 6) is -1.57. The van der Waals surface area contributed by atoms with Gasteiger partial charge in [-0.1, -0.05) is 19.9 Å². The molecule has 1 aromatic carbocycles. The number of halogens is 2. The van der Waals surface area contributed by atoms with E-state index in [1.54, 1.807) is 13.8 Å². The van der Waals surface area contributed by atoms with Crippen LogP contribution in [-0.4, -0.2) is 60.7 Å². The van der Waals surface area contributed by atoms with Crippen LogP contribution in [0.5, 0.6) is 11.5 Å². The van der Waals surface area contributed by atoms with Gasteiger partial charge < -0.3 is 20.1 Å². The topological polar surface area (TPSA) is 114 Å². The lowest BCUT2D eigenvalue weighted by atomic mass is 10.0. The van der Waals surface area contributed by atoms with Crippen LogP contribution in [0.2, 0.25) is 0 Å². The number of nitrogens with zero attached hydrogens (tertiary/aromatic N) is 1. The summed E-state index contributed by atoms with van der Waals surface area (Å²) in [5, 5.41) is 4.67. The van der Waals surface area contributed by atoms with Gasteiger partial charge in [0.2, 0.25) is 11.8 Å². The maximum atomic E-state index is 12.6. The zero-order valence-corrected chi connectivity index (χ0v) is 19.3. The SMILES string of the molecule is COc1cc(/C=C2/SC(=O)N(CCNC(=O)[C@H](NC(C)=O)C(C)C)C2=O)ccc1OC(F)F. The number of nitrogens with one attached hydrogen (secondary N) is 2. The average Bonchev–Trinajstić information content (AvgIpc) is 2.99.